The highest BCUT2D eigenvalue weighted by molar-refractivity contribution is 6.00. The molecule has 4 aromatic carbocycles. The Hall–Kier alpha value is -3.32. The molecule has 4 aromatic rings. The summed E-state index contributed by atoms with van der Waals surface area (Å²) in [4.78, 5) is 2.46. The van der Waals surface area contributed by atoms with Gasteiger partial charge in [-0.2, -0.15) is 0 Å². The van der Waals surface area contributed by atoms with E-state index in [4.69, 9.17) is 0 Å². The summed E-state index contributed by atoms with van der Waals surface area (Å²) in [6.45, 7) is 0. The quantitative estimate of drug-likeness (QED) is 0.294. The van der Waals surface area contributed by atoms with Crippen LogP contribution in [0.4, 0.5) is 11.4 Å². The molecule has 0 amide bonds. The van der Waals surface area contributed by atoms with Gasteiger partial charge >= 0.3 is 0 Å². The molecule has 0 N–H and O–H groups in total. The van der Waals surface area contributed by atoms with Crippen molar-refractivity contribution in [2.45, 2.75) is 19.3 Å². The highest BCUT2D eigenvalue weighted by Crippen LogP contribution is 2.56. The highest BCUT2D eigenvalue weighted by Gasteiger charge is 2.36. The summed E-state index contributed by atoms with van der Waals surface area (Å²) in [5.74, 6) is 0. The fourth-order valence-electron chi connectivity index (χ4n) is 5.96. The van der Waals surface area contributed by atoms with Crippen LogP contribution >= 0.6 is 0 Å². The van der Waals surface area contributed by atoms with Crippen LogP contribution in [0, 0.1) is 0 Å². The first-order chi connectivity index (χ1) is 14.3. The largest absolute Gasteiger partial charge is 0.344 e. The highest BCUT2D eigenvalue weighted by atomic mass is 15.1. The van der Waals surface area contributed by atoms with Gasteiger partial charge in [-0.05, 0) is 69.0 Å². The Labute approximate surface area is 171 Å². The summed E-state index contributed by atoms with van der Waals surface area (Å²) >= 11 is 0. The van der Waals surface area contributed by atoms with Crippen LogP contribution in [0.25, 0.3) is 22.3 Å². The van der Waals surface area contributed by atoms with E-state index in [1.165, 1.54) is 61.4 Å². The average Bonchev–Trinajstić information content (AvgIpc) is 3.33. The second-order valence-electron chi connectivity index (χ2n) is 8.57. The van der Waals surface area contributed by atoms with Crippen molar-refractivity contribution >= 4 is 11.4 Å². The summed E-state index contributed by atoms with van der Waals surface area (Å²) in [6.07, 6.45) is 3.14. The number of para-hydroxylation sites is 1. The van der Waals surface area contributed by atoms with E-state index in [-0.39, 0.29) is 0 Å². The molecule has 0 bridgehead atoms. The third kappa shape index (κ3) is 1.90. The topological polar surface area (TPSA) is 3.24 Å². The van der Waals surface area contributed by atoms with Gasteiger partial charge in [0.2, 0.25) is 0 Å². The molecule has 1 heterocycles. The van der Waals surface area contributed by atoms with E-state index in [0.717, 1.165) is 19.3 Å². The van der Waals surface area contributed by atoms with E-state index in [9.17, 15) is 0 Å². The van der Waals surface area contributed by atoms with E-state index >= 15 is 0 Å². The van der Waals surface area contributed by atoms with Crippen molar-refractivity contribution < 1.29 is 0 Å². The normalized spacial score (nSPS) is 14.6. The summed E-state index contributed by atoms with van der Waals surface area (Å²) in [5.41, 5.74) is 17.7. The average molecular weight is 371 g/mol. The molecule has 7 rings (SSSR count). The standard InChI is InChI=1S/C28H21N/c1-29-25-13-7-4-10-19(25)16-23-22-14-17-8-2-5-11-20(17)26(22)24-15-18-9-3-6-12-21(18)27(24)28(23)29/h2-13H,14-16H2,1H3. The maximum Gasteiger partial charge on any atom is 0.0530 e. The first-order valence-corrected chi connectivity index (χ1v) is 10.5. The Balaban J connectivity index is 1.62. The molecule has 0 saturated carbocycles. The molecule has 0 unspecified atom stereocenters. The Morgan fingerprint density at radius 2 is 1.10 bits per heavy atom. The van der Waals surface area contributed by atoms with Gasteiger partial charge in [0.1, 0.15) is 0 Å². The van der Waals surface area contributed by atoms with E-state index < -0.39 is 0 Å². The number of fused-ring (bicyclic) bond motifs is 11. The van der Waals surface area contributed by atoms with Crippen LogP contribution in [-0.2, 0) is 19.3 Å². The van der Waals surface area contributed by atoms with Crippen molar-refractivity contribution in [2.24, 2.45) is 0 Å². The second kappa shape index (κ2) is 5.39. The predicted molar refractivity (Wildman–Crippen MR) is 120 cm³/mol. The third-order valence-electron chi connectivity index (χ3n) is 7.16. The van der Waals surface area contributed by atoms with Crippen LogP contribution in [-0.4, -0.2) is 7.05 Å². The van der Waals surface area contributed by atoms with Crippen LogP contribution in [0.2, 0.25) is 0 Å². The fraction of sp³-hybridized carbons (Fsp3) is 0.143. The molecule has 1 heteroatoms. The lowest BCUT2D eigenvalue weighted by atomic mass is 9.84. The minimum atomic E-state index is 1.03. The predicted octanol–water partition coefficient (Wildman–Crippen LogP) is 6.50. The Bertz CT molecular complexity index is 1340. The molecule has 0 aromatic heterocycles. The molecule has 0 saturated heterocycles. The van der Waals surface area contributed by atoms with E-state index in [1.807, 2.05) is 0 Å². The minimum absolute atomic E-state index is 1.03. The van der Waals surface area contributed by atoms with Crippen LogP contribution in [0.5, 0.6) is 0 Å². The Kier molecular flexibility index (Phi) is 2.90. The van der Waals surface area contributed by atoms with Gasteiger partial charge in [0.25, 0.3) is 0 Å². The molecule has 1 aliphatic heterocycles. The van der Waals surface area contributed by atoms with Gasteiger partial charge in [0.05, 0.1) is 5.69 Å². The van der Waals surface area contributed by atoms with Gasteiger partial charge in [0.15, 0.2) is 0 Å². The lowest BCUT2D eigenvalue weighted by molar-refractivity contribution is 1.03. The van der Waals surface area contributed by atoms with Crippen molar-refractivity contribution in [1.29, 1.82) is 0 Å². The number of hydrogen-bond donors (Lipinski definition) is 0. The minimum Gasteiger partial charge on any atom is -0.344 e. The van der Waals surface area contributed by atoms with Crippen LogP contribution in [0.3, 0.4) is 0 Å². The molecule has 3 aliphatic rings. The fourth-order valence-corrected chi connectivity index (χ4v) is 5.96. The molecular weight excluding hydrogens is 350 g/mol. The summed E-state index contributed by atoms with van der Waals surface area (Å²) in [7, 11) is 2.26. The maximum atomic E-state index is 2.46. The molecule has 0 radical (unpaired) electrons. The van der Waals surface area contributed by atoms with Gasteiger partial charge < -0.3 is 4.90 Å². The number of nitrogens with zero attached hydrogens (tertiary/aromatic N) is 1. The molecule has 29 heavy (non-hydrogen) atoms. The molecule has 0 fully saturated rings. The van der Waals surface area contributed by atoms with Crippen molar-refractivity contribution in [2.75, 3.05) is 11.9 Å². The molecule has 0 spiro atoms. The lowest BCUT2D eigenvalue weighted by Crippen LogP contribution is -2.21. The van der Waals surface area contributed by atoms with Gasteiger partial charge in [-0.25, -0.2) is 0 Å². The smallest absolute Gasteiger partial charge is 0.0530 e. The van der Waals surface area contributed by atoms with Crippen LogP contribution in [0.15, 0.2) is 72.8 Å². The van der Waals surface area contributed by atoms with E-state index in [1.54, 1.807) is 5.56 Å². The van der Waals surface area contributed by atoms with Crippen molar-refractivity contribution in [3.05, 3.63) is 106 Å². The zero-order valence-electron chi connectivity index (χ0n) is 16.5. The monoisotopic (exact) mass is 371 g/mol. The zero-order chi connectivity index (χ0) is 19.1. The zero-order valence-corrected chi connectivity index (χ0v) is 16.5. The lowest BCUT2D eigenvalue weighted by Gasteiger charge is -2.34. The molecular formula is C28H21N. The Morgan fingerprint density at radius 3 is 1.86 bits per heavy atom. The SMILES string of the molecule is CN1c2ccccc2Cc2c3c(c4c(c21)-c1ccccc1C4)-c1ccccc1C3. The third-order valence-corrected chi connectivity index (χ3v) is 7.16. The van der Waals surface area contributed by atoms with E-state index in [0.29, 0.717) is 0 Å². The first-order valence-electron chi connectivity index (χ1n) is 10.5. The van der Waals surface area contributed by atoms with Gasteiger partial charge in [-0.1, -0.05) is 66.7 Å². The Morgan fingerprint density at radius 1 is 0.552 bits per heavy atom. The van der Waals surface area contributed by atoms with Gasteiger partial charge in [0, 0.05) is 24.7 Å². The summed E-state index contributed by atoms with van der Waals surface area (Å²) < 4.78 is 0. The van der Waals surface area contributed by atoms with Crippen molar-refractivity contribution in [3.8, 4) is 22.3 Å². The van der Waals surface area contributed by atoms with Crippen molar-refractivity contribution in [1.82, 2.24) is 0 Å². The van der Waals surface area contributed by atoms with Crippen LogP contribution < -0.4 is 4.90 Å². The molecule has 1 nitrogen and oxygen atoms in total. The van der Waals surface area contributed by atoms with Crippen LogP contribution in [0.1, 0.15) is 33.4 Å². The van der Waals surface area contributed by atoms with Gasteiger partial charge in [-0.3, -0.25) is 0 Å². The first kappa shape index (κ1) is 15.6. The molecule has 2 aliphatic carbocycles. The summed E-state index contributed by atoms with van der Waals surface area (Å²) in [6, 6.07) is 27.0. The van der Waals surface area contributed by atoms with Gasteiger partial charge in [-0.15, -0.1) is 0 Å². The number of anilines is 2. The number of rotatable bonds is 0. The molecule has 138 valence electrons. The van der Waals surface area contributed by atoms with Crippen molar-refractivity contribution in [3.63, 3.8) is 0 Å². The second-order valence-corrected chi connectivity index (χ2v) is 8.57. The summed E-state index contributed by atoms with van der Waals surface area (Å²) in [5, 5.41) is 0. The van der Waals surface area contributed by atoms with E-state index in [2.05, 4.69) is 84.7 Å². The maximum absolute atomic E-state index is 2.46. The molecule has 0 atom stereocenters. The number of benzene rings is 4. The number of hydrogen-bond acceptors (Lipinski definition) is 1.